The van der Waals surface area contributed by atoms with Gasteiger partial charge in [-0.05, 0) is 50.7 Å². The first kappa shape index (κ1) is 18.6. The van der Waals surface area contributed by atoms with Crippen LogP contribution in [0.2, 0.25) is 0 Å². The molecule has 2 atom stereocenters. The molecule has 7 heteroatoms. The van der Waals surface area contributed by atoms with E-state index < -0.39 is 0 Å². The molecule has 1 N–H and O–H groups in total. The number of piperidine rings is 1. The van der Waals surface area contributed by atoms with Crippen LogP contribution in [0.4, 0.5) is 5.69 Å². The van der Waals surface area contributed by atoms with Crippen molar-refractivity contribution in [2.75, 3.05) is 31.1 Å². The van der Waals surface area contributed by atoms with E-state index in [0.29, 0.717) is 36.9 Å². The minimum absolute atomic E-state index is 0.0638. The molecule has 1 saturated carbocycles. The van der Waals surface area contributed by atoms with Gasteiger partial charge < -0.3 is 15.0 Å². The number of imide groups is 1. The number of benzene rings is 1. The monoisotopic (exact) mass is 397 g/mol. The topological polar surface area (TPSA) is 79.0 Å². The van der Waals surface area contributed by atoms with E-state index in [1.807, 2.05) is 12.1 Å². The summed E-state index contributed by atoms with van der Waals surface area (Å²) in [4.78, 5) is 42.1. The number of hydrogen-bond acceptors (Lipinski definition) is 5. The first-order valence-electron chi connectivity index (χ1n) is 10.8. The molecule has 154 valence electrons. The van der Waals surface area contributed by atoms with Crippen molar-refractivity contribution < 1.29 is 19.1 Å². The van der Waals surface area contributed by atoms with Crippen molar-refractivity contribution in [3.05, 3.63) is 29.3 Å². The van der Waals surface area contributed by atoms with Crippen LogP contribution in [0, 0.1) is 5.92 Å². The van der Waals surface area contributed by atoms with Crippen LogP contribution in [0.3, 0.4) is 0 Å². The van der Waals surface area contributed by atoms with Crippen LogP contribution in [-0.4, -0.2) is 61.0 Å². The summed E-state index contributed by atoms with van der Waals surface area (Å²) in [5.41, 5.74) is 1.73. The van der Waals surface area contributed by atoms with Crippen LogP contribution >= 0.6 is 0 Å². The van der Waals surface area contributed by atoms with Crippen molar-refractivity contribution in [3.8, 4) is 0 Å². The predicted molar refractivity (Wildman–Crippen MR) is 107 cm³/mol. The first-order valence-corrected chi connectivity index (χ1v) is 10.8. The predicted octanol–water partition coefficient (Wildman–Crippen LogP) is 1.96. The van der Waals surface area contributed by atoms with Gasteiger partial charge in [0.25, 0.3) is 11.8 Å². The molecule has 1 aromatic rings. The zero-order valence-corrected chi connectivity index (χ0v) is 16.6. The second-order valence-corrected chi connectivity index (χ2v) is 8.62. The Labute approximate surface area is 170 Å². The van der Waals surface area contributed by atoms with E-state index in [0.717, 1.165) is 50.8 Å². The molecular weight excluding hydrogens is 370 g/mol. The van der Waals surface area contributed by atoms with Gasteiger partial charge in [0.05, 0.1) is 35.4 Å². The minimum Gasteiger partial charge on any atom is -0.376 e. The van der Waals surface area contributed by atoms with Gasteiger partial charge in [-0.2, -0.15) is 0 Å². The van der Waals surface area contributed by atoms with E-state index in [1.165, 1.54) is 4.90 Å². The first-order chi connectivity index (χ1) is 14.1. The maximum Gasteiger partial charge on any atom is 0.263 e. The van der Waals surface area contributed by atoms with Gasteiger partial charge in [0.2, 0.25) is 5.91 Å². The lowest BCUT2D eigenvalue weighted by Gasteiger charge is -2.34. The van der Waals surface area contributed by atoms with Gasteiger partial charge in [-0.15, -0.1) is 0 Å². The smallest absolute Gasteiger partial charge is 0.263 e. The summed E-state index contributed by atoms with van der Waals surface area (Å²) in [6.07, 6.45) is 5.69. The summed E-state index contributed by atoms with van der Waals surface area (Å²) < 4.78 is 5.63. The van der Waals surface area contributed by atoms with Gasteiger partial charge in [-0.3, -0.25) is 19.3 Å². The number of carbonyl (C=O) groups is 3. The molecule has 5 rings (SSSR count). The number of anilines is 1. The zero-order chi connectivity index (χ0) is 20.0. The quantitative estimate of drug-likeness (QED) is 0.769. The molecule has 0 bridgehead atoms. The molecule has 29 heavy (non-hydrogen) atoms. The molecule has 0 aromatic heterocycles. The summed E-state index contributed by atoms with van der Waals surface area (Å²) in [7, 11) is 0. The Hall–Kier alpha value is -2.41. The summed E-state index contributed by atoms with van der Waals surface area (Å²) >= 11 is 0. The van der Waals surface area contributed by atoms with Gasteiger partial charge in [0, 0.05) is 25.7 Å². The number of carbonyl (C=O) groups excluding carboxylic acids is 3. The van der Waals surface area contributed by atoms with Crippen molar-refractivity contribution in [2.45, 2.75) is 50.7 Å². The Morgan fingerprint density at radius 3 is 2.72 bits per heavy atom. The lowest BCUT2D eigenvalue weighted by molar-refractivity contribution is -0.125. The second-order valence-electron chi connectivity index (χ2n) is 8.62. The summed E-state index contributed by atoms with van der Waals surface area (Å²) in [6.45, 7) is 2.38. The second kappa shape index (κ2) is 7.44. The van der Waals surface area contributed by atoms with Crippen LogP contribution in [-0.2, 0) is 9.53 Å². The fourth-order valence-electron chi connectivity index (χ4n) is 4.69. The molecule has 0 unspecified atom stereocenters. The third kappa shape index (κ3) is 3.52. The number of rotatable bonds is 5. The highest BCUT2D eigenvalue weighted by Gasteiger charge is 2.41. The van der Waals surface area contributed by atoms with Crippen molar-refractivity contribution in [1.29, 1.82) is 0 Å². The third-order valence-corrected chi connectivity index (χ3v) is 6.44. The standard InChI is InChI=1S/C22H27N3O4/c26-20(23-15-8-9-15)14-4-2-10-24(12-14)18-7-1-6-17-19(18)22(28)25(21(17)27)13-16-5-3-11-29-16/h1,6-7,14-16H,2-5,8-13H2,(H,23,26)/t14-,16+/m0/s1. The van der Waals surface area contributed by atoms with Gasteiger partial charge in [-0.25, -0.2) is 0 Å². The molecule has 0 spiro atoms. The van der Waals surface area contributed by atoms with Crippen molar-refractivity contribution in [2.24, 2.45) is 5.92 Å². The Morgan fingerprint density at radius 1 is 1.10 bits per heavy atom. The number of nitrogens with one attached hydrogen (secondary N) is 1. The number of fused-ring (bicyclic) bond motifs is 1. The van der Waals surface area contributed by atoms with Crippen LogP contribution in [0.15, 0.2) is 18.2 Å². The van der Waals surface area contributed by atoms with Crippen molar-refractivity contribution >= 4 is 23.4 Å². The molecule has 3 heterocycles. The lowest BCUT2D eigenvalue weighted by atomic mass is 9.95. The van der Waals surface area contributed by atoms with Crippen LogP contribution < -0.4 is 10.2 Å². The Balaban J connectivity index is 1.36. The number of nitrogens with zero attached hydrogens (tertiary/aromatic N) is 2. The molecule has 0 radical (unpaired) electrons. The fraction of sp³-hybridized carbons (Fsp3) is 0.591. The highest BCUT2D eigenvalue weighted by atomic mass is 16.5. The van der Waals surface area contributed by atoms with E-state index in [9.17, 15) is 14.4 Å². The summed E-state index contributed by atoms with van der Waals surface area (Å²) in [5.74, 6) is -0.425. The van der Waals surface area contributed by atoms with Crippen LogP contribution in [0.5, 0.6) is 0 Å². The molecule has 3 aliphatic heterocycles. The largest absolute Gasteiger partial charge is 0.376 e. The molecule has 3 fully saturated rings. The van der Waals surface area contributed by atoms with Crippen LogP contribution in [0.1, 0.15) is 59.2 Å². The van der Waals surface area contributed by atoms with Gasteiger partial charge in [-0.1, -0.05) is 6.07 Å². The molecule has 7 nitrogen and oxygen atoms in total. The average molecular weight is 397 g/mol. The van der Waals surface area contributed by atoms with E-state index in [-0.39, 0.29) is 29.7 Å². The summed E-state index contributed by atoms with van der Waals surface area (Å²) in [5, 5.41) is 3.10. The zero-order valence-electron chi connectivity index (χ0n) is 16.6. The lowest BCUT2D eigenvalue weighted by Crippen LogP contribution is -2.44. The number of ether oxygens (including phenoxy) is 1. The Kier molecular flexibility index (Phi) is 4.78. The molecule has 1 aromatic carbocycles. The van der Waals surface area contributed by atoms with E-state index in [4.69, 9.17) is 4.74 Å². The molecule has 1 aliphatic carbocycles. The van der Waals surface area contributed by atoms with Crippen molar-refractivity contribution in [3.63, 3.8) is 0 Å². The van der Waals surface area contributed by atoms with Gasteiger partial charge in [0.15, 0.2) is 0 Å². The highest BCUT2D eigenvalue weighted by molar-refractivity contribution is 6.23. The highest BCUT2D eigenvalue weighted by Crippen LogP contribution is 2.35. The maximum absolute atomic E-state index is 13.2. The SMILES string of the molecule is O=C(NC1CC1)[C@H]1CCCN(c2cccc3c2C(=O)N(C[C@H]2CCCO2)C3=O)C1. The molecule has 2 saturated heterocycles. The third-order valence-electron chi connectivity index (χ3n) is 6.44. The maximum atomic E-state index is 13.2. The Bertz CT molecular complexity index is 844. The molecule has 3 amide bonds. The number of amides is 3. The molecule has 4 aliphatic rings. The van der Waals surface area contributed by atoms with Crippen molar-refractivity contribution in [1.82, 2.24) is 10.2 Å². The van der Waals surface area contributed by atoms with Gasteiger partial charge in [0.1, 0.15) is 0 Å². The fourth-order valence-corrected chi connectivity index (χ4v) is 4.69. The van der Waals surface area contributed by atoms with E-state index >= 15 is 0 Å². The van der Waals surface area contributed by atoms with Gasteiger partial charge >= 0.3 is 0 Å². The average Bonchev–Trinajstić information content (AvgIpc) is 3.34. The van der Waals surface area contributed by atoms with E-state index in [2.05, 4.69) is 10.2 Å². The van der Waals surface area contributed by atoms with E-state index in [1.54, 1.807) is 6.07 Å². The van der Waals surface area contributed by atoms with Crippen LogP contribution in [0.25, 0.3) is 0 Å². The Morgan fingerprint density at radius 2 is 1.97 bits per heavy atom. The normalized spacial score (nSPS) is 26.8. The molecular formula is C22H27N3O4. The number of hydrogen-bond donors (Lipinski definition) is 1. The minimum atomic E-state index is -0.236. The summed E-state index contributed by atoms with van der Waals surface area (Å²) in [6, 6.07) is 5.82.